The Bertz CT molecular complexity index is 1350. The minimum atomic E-state index is -1.04. The van der Waals surface area contributed by atoms with Crippen LogP contribution in [-0.2, 0) is 12.0 Å². The number of nitrogens with zero attached hydrogens (tertiary/aromatic N) is 1. The van der Waals surface area contributed by atoms with Gasteiger partial charge in [-0.3, -0.25) is 4.79 Å². The van der Waals surface area contributed by atoms with Gasteiger partial charge in [0.1, 0.15) is 4.88 Å². The molecule has 1 amide bonds. The molecule has 1 heterocycles. The van der Waals surface area contributed by atoms with Crippen LogP contribution in [0.2, 0.25) is 0 Å². The Labute approximate surface area is 210 Å². The van der Waals surface area contributed by atoms with Gasteiger partial charge >= 0.3 is 5.97 Å². The summed E-state index contributed by atoms with van der Waals surface area (Å²) in [6, 6.07) is 27.0. The molecule has 0 unspecified atom stereocenters. The zero-order chi connectivity index (χ0) is 25.2. The number of amides is 1. The first-order valence-electron chi connectivity index (χ1n) is 11.5. The van der Waals surface area contributed by atoms with Gasteiger partial charge in [-0.1, -0.05) is 93.1 Å². The lowest BCUT2D eigenvalue weighted by atomic mass is 9.86. The number of hydrogen-bond acceptors (Lipinski definition) is 3. The smallest absolute Gasteiger partial charge is 0.348 e. The average Bonchev–Trinajstić information content (AvgIpc) is 3.28. The highest BCUT2D eigenvalue weighted by atomic mass is 32.1. The number of carbonyl (C=O) groups is 2. The molecule has 0 atom stereocenters. The molecular weight excluding hydrogens is 454 g/mol. The van der Waals surface area contributed by atoms with Gasteiger partial charge in [-0.25, -0.2) is 4.79 Å². The van der Waals surface area contributed by atoms with Gasteiger partial charge in [0, 0.05) is 10.4 Å². The van der Waals surface area contributed by atoms with Crippen molar-refractivity contribution in [1.29, 1.82) is 0 Å². The fourth-order valence-electron chi connectivity index (χ4n) is 3.92. The molecule has 0 bridgehead atoms. The third kappa shape index (κ3) is 5.52. The fourth-order valence-corrected chi connectivity index (χ4v) is 4.92. The predicted molar refractivity (Wildman–Crippen MR) is 144 cm³/mol. The summed E-state index contributed by atoms with van der Waals surface area (Å²) in [5.74, 6) is -1.27. The first-order chi connectivity index (χ1) is 16.6. The summed E-state index contributed by atoms with van der Waals surface area (Å²) < 4.78 is 0. The Morgan fingerprint density at radius 2 is 1.57 bits per heavy atom. The molecule has 5 heteroatoms. The van der Waals surface area contributed by atoms with E-state index in [4.69, 9.17) is 0 Å². The van der Waals surface area contributed by atoms with Crippen LogP contribution in [0.1, 0.15) is 57.5 Å². The van der Waals surface area contributed by atoms with Crippen LogP contribution in [0.25, 0.3) is 10.4 Å². The van der Waals surface area contributed by atoms with Gasteiger partial charge in [0.2, 0.25) is 0 Å². The molecule has 0 saturated heterocycles. The molecule has 0 fully saturated rings. The Balaban J connectivity index is 1.83. The summed E-state index contributed by atoms with van der Waals surface area (Å²) in [6.45, 7) is 8.68. The highest BCUT2D eigenvalue weighted by Crippen LogP contribution is 2.38. The van der Waals surface area contributed by atoms with E-state index in [9.17, 15) is 14.7 Å². The van der Waals surface area contributed by atoms with E-state index >= 15 is 0 Å². The molecule has 4 aromatic rings. The van der Waals surface area contributed by atoms with Crippen LogP contribution in [-0.4, -0.2) is 17.0 Å². The Morgan fingerprint density at radius 1 is 0.886 bits per heavy atom. The van der Waals surface area contributed by atoms with Crippen molar-refractivity contribution in [3.63, 3.8) is 0 Å². The van der Waals surface area contributed by atoms with Crippen molar-refractivity contribution in [1.82, 2.24) is 0 Å². The van der Waals surface area contributed by atoms with E-state index in [1.165, 1.54) is 11.3 Å². The van der Waals surface area contributed by atoms with Crippen molar-refractivity contribution < 1.29 is 14.7 Å². The molecule has 0 saturated carbocycles. The normalized spacial score (nSPS) is 11.3. The monoisotopic (exact) mass is 483 g/mol. The van der Waals surface area contributed by atoms with E-state index in [1.807, 2.05) is 67.6 Å². The molecule has 0 aliphatic carbocycles. The van der Waals surface area contributed by atoms with Crippen LogP contribution in [0.4, 0.5) is 5.69 Å². The molecule has 3 aromatic carbocycles. The van der Waals surface area contributed by atoms with Gasteiger partial charge in [0.05, 0.1) is 12.2 Å². The molecule has 4 rings (SSSR count). The van der Waals surface area contributed by atoms with Gasteiger partial charge in [-0.05, 0) is 47.2 Å². The molecule has 178 valence electrons. The number of aromatic carboxylic acids is 1. The second-order valence-corrected chi connectivity index (χ2v) is 10.8. The number of anilines is 1. The van der Waals surface area contributed by atoms with Gasteiger partial charge in [-0.2, -0.15) is 0 Å². The zero-order valence-corrected chi connectivity index (χ0v) is 21.2. The molecule has 1 N–H and O–H groups in total. The summed E-state index contributed by atoms with van der Waals surface area (Å²) >= 11 is 1.19. The maximum Gasteiger partial charge on any atom is 0.348 e. The quantitative estimate of drug-likeness (QED) is 0.308. The average molecular weight is 484 g/mol. The third-order valence-electron chi connectivity index (χ3n) is 5.93. The topological polar surface area (TPSA) is 57.6 Å². The summed E-state index contributed by atoms with van der Waals surface area (Å²) in [6.07, 6.45) is 0. The van der Waals surface area contributed by atoms with Crippen LogP contribution in [0, 0.1) is 6.92 Å². The van der Waals surface area contributed by atoms with Gasteiger partial charge in [0.15, 0.2) is 0 Å². The van der Waals surface area contributed by atoms with Crippen LogP contribution < -0.4 is 4.90 Å². The minimum Gasteiger partial charge on any atom is -0.477 e. The maximum absolute atomic E-state index is 13.8. The molecule has 0 radical (unpaired) electrons. The van der Waals surface area contributed by atoms with Crippen molar-refractivity contribution in [3.8, 4) is 10.4 Å². The lowest BCUT2D eigenvalue weighted by Gasteiger charge is -2.25. The van der Waals surface area contributed by atoms with E-state index < -0.39 is 5.97 Å². The van der Waals surface area contributed by atoms with Crippen molar-refractivity contribution in [2.45, 2.75) is 39.7 Å². The van der Waals surface area contributed by atoms with Crippen molar-refractivity contribution in [3.05, 3.63) is 112 Å². The van der Waals surface area contributed by atoms with Crippen LogP contribution in [0.5, 0.6) is 0 Å². The summed E-state index contributed by atoms with van der Waals surface area (Å²) in [7, 11) is 0. The van der Waals surface area contributed by atoms with Gasteiger partial charge in [0.25, 0.3) is 5.91 Å². The Hall–Kier alpha value is -3.70. The largest absolute Gasteiger partial charge is 0.477 e. The molecule has 0 aliphatic heterocycles. The minimum absolute atomic E-state index is 0.0448. The lowest BCUT2D eigenvalue weighted by Crippen LogP contribution is -2.31. The van der Waals surface area contributed by atoms with E-state index in [0.717, 1.165) is 27.1 Å². The Kier molecular flexibility index (Phi) is 6.90. The van der Waals surface area contributed by atoms with Crippen molar-refractivity contribution in [2.24, 2.45) is 0 Å². The first-order valence-corrected chi connectivity index (χ1v) is 12.4. The standard InChI is InChI=1S/C30H29NO3S/c1-20-13-15-23(16-14-20)28(32)31(19-21-9-8-12-24(17-21)30(2,3)4)25-18-26(35-27(25)29(33)34)22-10-6-5-7-11-22/h5-18H,19H2,1-4H3,(H,33,34). The van der Waals surface area contributed by atoms with Crippen LogP contribution >= 0.6 is 11.3 Å². The molecule has 4 nitrogen and oxygen atoms in total. The second kappa shape index (κ2) is 9.88. The number of benzene rings is 3. The van der Waals surface area contributed by atoms with Crippen LogP contribution in [0.15, 0.2) is 84.9 Å². The Morgan fingerprint density at radius 3 is 2.20 bits per heavy atom. The number of thiophene rings is 1. The molecule has 35 heavy (non-hydrogen) atoms. The van der Waals surface area contributed by atoms with E-state index in [-0.39, 0.29) is 22.7 Å². The first kappa shape index (κ1) is 24.4. The van der Waals surface area contributed by atoms with E-state index in [1.54, 1.807) is 17.0 Å². The van der Waals surface area contributed by atoms with Crippen molar-refractivity contribution in [2.75, 3.05) is 4.90 Å². The third-order valence-corrected chi connectivity index (χ3v) is 7.09. The number of aryl methyl sites for hydroxylation is 1. The molecule has 0 spiro atoms. The lowest BCUT2D eigenvalue weighted by molar-refractivity contribution is 0.0703. The molecule has 0 aliphatic rings. The van der Waals surface area contributed by atoms with E-state index in [2.05, 4.69) is 32.9 Å². The number of carboxylic acid groups (broad SMARTS) is 1. The number of rotatable bonds is 6. The van der Waals surface area contributed by atoms with Gasteiger partial charge in [-0.15, -0.1) is 11.3 Å². The van der Waals surface area contributed by atoms with Crippen LogP contribution in [0.3, 0.4) is 0 Å². The highest BCUT2D eigenvalue weighted by Gasteiger charge is 2.27. The van der Waals surface area contributed by atoms with Gasteiger partial charge < -0.3 is 10.0 Å². The second-order valence-electron chi connectivity index (χ2n) is 9.70. The zero-order valence-electron chi connectivity index (χ0n) is 20.4. The number of hydrogen-bond donors (Lipinski definition) is 1. The van der Waals surface area contributed by atoms with E-state index in [0.29, 0.717) is 11.3 Å². The predicted octanol–water partition coefficient (Wildman–Crippen LogP) is 7.57. The molecule has 1 aromatic heterocycles. The number of carbonyl (C=O) groups excluding carboxylic acids is 1. The molecular formula is C30H29NO3S. The van der Waals surface area contributed by atoms with Crippen molar-refractivity contribution >= 4 is 28.9 Å². The fraction of sp³-hybridized carbons (Fsp3) is 0.200. The SMILES string of the molecule is Cc1ccc(C(=O)N(Cc2cccc(C(C)(C)C)c2)c2cc(-c3ccccc3)sc2C(=O)O)cc1. The number of carboxylic acids is 1. The summed E-state index contributed by atoms with van der Waals surface area (Å²) in [5, 5.41) is 10.1. The summed E-state index contributed by atoms with van der Waals surface area (Å²) in [5.41, 5.74) is 4.96. The maximum atomic E-state index is 13.8. The highest BCUT2D eigenvalue weighted by molar-refractivity contribution is 7.18. The summed E-state index contributed by atoms with van der Waals surface area (Å²) in [4.78, 5) is 28.6.